The maximum Gasteiger partial charge on any atom is 0.513 e. The number of hydrogen-bond donors (Lipinski definition) is 1. The van der Waals surface area contributed by atoms with E-state index in [1.54, 1.807) is 34.6 Å². The summed E-state index contributed by atoms with van der Waals surface area (Å²) in [7, 11) is 0. The van der Waals surface area contributed by atoms with Crippen molar-refractivity contribution >= 4 is 24.4 Å². The predicted molar refractivity (Wildman–Crippen MR) is 121 cm³/mol. The largest absolute Gasteiger partial charge is 0.513 e. The first-order chi connectivity index (χ1) is 16.3. The van der Waals surface area contributed by atoms with Crippen molar-refractivity contribution in [2.75, 3.05) is 19.8 Å². The molecule has 0 heterocycles. The number of nitrogens with two attached hydrogens (primary N) is 1. The molecule has 2 N–H and O–H groups in total. The van der Waals surface area contributed by atoms with Crippen LogP contribution in [0.3, 0.4) is 0 Å². The molecule has 0 unspecified atom stereocenters. The van der Waals surface area contributed by atoms with Gasteiger partial charge in [0.1, 0.15) is 24.4 Å². The molecule has 0 aliphatic heterocycles. The average molecular weight is 500 g/mol. The maximum absolute atomic E-state index is 12.3. The molecule has 0 saturated carbocycles. The zero-order chi connectivity index (χ0) is 26.6. The highest BCUT2D eigenvalue weighted by atomic mass is 16.8. The molecular weight excluding hydrogens is 466 g/mol. The molecule has 0 aliphatic carbocycles. The Kier molecular flexibility index (Phi) is 11.8. The van der Waals surface area contributed by atoms with Gasteiger partial charge in [-0.25, -0.2) is 14.4 Å². The summed E-state index contributed by atoms with van der Waals surface area (Å²) < 4.78 is 34.7. The first kappa shape index (κ1) is 29.5. The monoisotopic (exact) mass is 499 g/mol. The summed E-state index contributed by atoms with van der Waals surface area (Å²) in [6.07, 6.45) is -3.65. The van der Waals surface area contributed by atoms with Gasteiger partial charge in [0.05, 0.1) is 13.2 Å². The third-order valence-corrected chi connectivity index (χ3v) is 3.82. The Morgan fingerprint density at radius 3 is 2.00 bits per heavy atom. The third kappa shape index (κ3) is 11.9. The van der Waals surface area contributed by atoms with Crippen molar-refractivity contribution in [2.24, 2.45) is 5.73 Å². The summed E-state index contributed by atoms with van der Waals surface area (Å²) in [5.74, 6) is -0.970. The van der Waals surface area contributed by atoms with Gasteiger partial charge in [0.25, 0.3) is 0 Å². The fourth-order valence-corrected chi connectivity index (χ4v) is 2.43. The molecule has 1 aromatic carbocycles. The van der Waals surface area contributed by atoms with Gasteiger partial charge in [-0.2, -0.15) is 0 Å². The normalized spacial score (nSPS) is 12.5. The first-order valence-corrected chi connectivity index (χ1v) is 11.0. The topological polar surface area (TPSA) is 159 Å². The highest BCUT2D eigenvalue weighted by Gasteiger charge is 2.23. The quantitative estimate of drug-likeness (QED) is 0.284. The van der Waals surface area contributed by atoms with Crippen LogP contribution in [0, 0.1) is 0 Å². The second-order valence-electron chi connectivity index (χ2n) is 8.18. The Morgan fingerprint density at radius 1 is 0.886 bits per heavy atom. The van der Waals surface area contributed by atoms with E-state index in [1.807, 2.05) is 0 Å². The van der Waals surface area contributed by atoms with Crippen molar-refractivity contribution in [1.29, 1.82) is 0 Å². The van der Waals surface area contributed by atoms with Gasteiger partial charge in [-0.05, 0) is 65.7 Å². The van der Waals surface area contributed by atoms with Gasteiger partial charge in [0, 0.05) is 0 Å². The van der Waals surface area contributed by atoms with Crippen LogP contribution in [0.1, 0.15) is 47.1 Å². The molecule has 196 valence electrons. The molecule has 0 aliphatic rings. The zero-order valence-electron chi connectivity index (χ0n) is 20.8. The van der Waals surface area contributed by atoms with Crippen molar-refractivity contribution in [2.45, 2.75) is 65.7 Å². The Morgan fingerprint density at radius 2 is 1.46 bits per heavy atom. The lowest BCUT2D eigenvalue weighted by Crippen LogP contribution is -2.36. The van der Waals surface area contributed by atoms with Crippen LogP contribution in [-0.4, -0.2) is 62.0 Å². The smallest absolute Gasteiger partial charge is 0.461 e. The number of carbonyl (C=O) groups excluding carboxylic acids is 4. The molecule has 0 bridgehead atoms. The molecule has 0 saturated heterocycles. The van der Waals surface area contributed by atoms with Crippen LogP contribution in [0.5, 0.6) is 11.5 Å². The Balaban J connectivity index is 2.77. The van der Waals surface area contributed by atoms with Gasteiger partial charge in [-0.1, -0.05) is 6.07 Å². The molecule has 0 spiro atoms. The number of esters is 1. The SMILES string of the molecule is CCOC(=O)Oc1ccc(C[C@H](N)C(=O)OC[C@H](C)OC(=O)OC(C)(C)C)cc1OC(=O)OCC. The standard InChI is InChI=1S/C23H33NO11/c1-7-29-20(26)33-17-10-9-15(12-18(17)34-21(27)30-8-2)11-16(24)19(25)31-13-14(3)32-22(28)35-23(4,5)6/h9-10,12,14,16H,7-8,11,13,24H2,1-6H3/t14-,16-/m0/s1. The predicted octanol–water partition coefficient (Wildman–Crippen LogP) is 3.51. The summed E-state index contributed by atoms with van der Waals surface area (Å²) >= 11 is 0. The van der Waals surface area contributed by atoms with Crippen molar-refractivity contribution in [3.05, 3.63) is 23.8 Å². The van der Waals surface area contributed by atoms with E-state index < -0.39 is 42.2 Å². The lowest BCUT2D eigenvalue weighted by atomic mass is 10.1. The van der Waals surface area contributed by atoms with Crippen LogP contribution < -0.4 is 15.2 Å². The van der Waals surface area contributed by atoms with Crippen molar-refractivity contribution in [3.8, 4) is 11.5 Å². The molecule has 35 heavy (non-hydrogen) atoms. The van der Waals surface area contributed by atoms with Crippen molar-refractivity contribution < 1.29 is 52.3 Å². The molecular formula is C23H33NO11. The van der Waals surface area contributed by atoms with Crippen LogP contribution in [0.25, 0.3) is 0 Å². The average Bonchev–Trinajstić information content (AvgIpc) is 2.72. The minimum atomic E-state index is -1.09. The lowest BCUT2D eigenvalue weighted by molar-refractivity contribution is -0.148. The minimum Gasteiger partial charge on any atom is -0.461 e. The molecule has 1 rings (SSSR count). The van der Waals surface area contributed by atoms with Crippen molar-refractivity contribution in [1.82, 2.24) is 0 Å². The van der Waals surface area contributed by atoms with E-state index in [1.165, 1.54) is 25.1 Å². The second kappa shape index (κ2) is 14.0. The van der Waals surface area contributed by atoms with Crippen molar-refractivity contribution in [3.63, 3.8) is 0 Å². The Labute approximate surface area is 203 Å². The highest BCUT2D eigenvalue weighted by molar-refractivity contribution is 5.76. The molecule has 0 radical (unpaired) electrons. The Hall–Kier alpha value is -3.54. The fraction of sp³-hybridized carbons (Fsp3) is 0.565. The number of hydrogen-bond acceptors (Lipinski definition) is 12. The van der Waals surface area contributed by atoms with E-state index in [2.05, 4.69) is 0 Å². The van der Waals surface area contributed by atoms with Crippen LogP contribution in [0.2, 0.25) is 0 Å². The van der Waals surface area contributed by atoms with Gasteiger partial charge in [0.2, 0.25) is 0 Å². The van der Waals surface area contributed by atoms with Crippen LogP contribution in [0.4, 0.5) is 14.4 Å². The van der Waals surface area contributed by atoms with Gasteiger partial charge in [-0.3, -0.25) is 4.79 Å². The van der Waals surface area contributed by atoms with Crippen LogP contribution in [0.15, 0.2) is 18.2 Å². The van der Waals surface area contributed by atoms with Gasteiger partial charge >= 0.3 is 24.4 Å². The van der Waals surface area contributed by atoms with Gasteiger partial charge < -0.3 is 38.9 Å². The summed E-state index contributed by atoms with van der Waals surface area (Å²) in [6, 6.07) is 3.16. The highest BCUT2D eigenvalue weighted by Crippen LogP contribution is 2.30. The van der Waals surface area contributed by atoms with E-state index in [9.17, 15) is 19.2 Å². The molecule has 12 nitrogen and oxygen atoms in total. The summed E-state index contributed by atoms with van der Waals surface area (Å²) in [6.45, 7) is 9.73. The number of ether oxygens (including phenoxy) is 7. The van der Waals surface area contributed by atoms with E-state index in [4.69, 9.17) is 38.9 Å². The first-order valence-electron chi connectivity index (χ1n) is 11.0. The molecule has 0 fully saturated rings. The Bertz CT molecular complexity index is 879. The summed E-state index contributed by atoms with van der Waals surface area (Å²) in [5.41, 5.74) is 5.69. The summed E-state index contributed by atoms with van der Waals surface area (Å²) in [4.78, 5) is 47.4. The molecule has 1 aromatic rings. The minimum absolute atomic E-state index is 0.000983. The van der Waals surface area contributed by atoms with E-state index in [-0.39, 0.29) is 37.7 Å². The fourth-order valence-electron chi connectivity index (χ4n) is 2.43. The summed E-state index contributed by atoms with van der Waals surface area (Å²) in [5, 5.41) is 0. The third-order valence-electron chi connectivity index (χ3n) is 3.82. The van der Waals surface area contributed by atoms with E-state index in [0.29, 0.717) is 5.56 Å². The molecule has 2 atom stereocenters. The number of benzene rings is 1. The second-order valence-corrected chi connectivity index (χ2v) is 8.18. The lowest BCUT2D eigenvalue weighted by Gasteiger charge is -2.21. The van der Waals surface area contributed by atoms with Gasteiger partial charge in [0.15, 0.2) is 11.5 Å². The van der Waals surface area contributed by atoms with E-state index in [0.717, 1.165) is 0 Å². The maximum atomic E-state index is 12.3. The number of carbonyl (C=O) groups is 4. The van der Waals surface area contributed by atoms with Gasteiger partial charge in [-0.15, -0.1) is 0 Å². The number of rotatable bonds is 10. The molecule has 0 amide bonds. The van der Waals surface area contributed by atoms with Crippen LogP contribution >= 0.6 is 0 Å². The molecule has 12 heteroatoms. The van der Waals surface area contributed by atoms with Crippen LogP contribution in [-0.2, 0) is 34.9 Å². The van der Waals surface area contributed by atoms with E-state index >= 15 is 0 Å². The zero-order valence-corrected chi connectivity index (χ0v) is 20.8. The molecule has 0 aromatic heterocycles.